The summed E-state index contributed by atoms with van der Waals surface area (Å²) in [6, 6.07) is 14.8. The van der Waals surface area contributed by atoms with Crippen LogP contribution in [-0.4, -0.2) is 4.98 Å². The highest BCUT2D eigenvalue weighted by atomic mass is 32.1. The lowest BCUT2D eigenvalue weighted by atomic mass is 9.86. The molecular formula is C19H19FN2S. The van der Waals surface area contributed by atoms with Gasteiger partial charge in [-0.1, -0.05) is 45.0 Å². The Hall–Kier alpha value is -2.20. The molecular weight excluding hydrogens is 307 g/mol. The van der Waals surface area contributed by atoms with Gasteiger partial charge < -0.3 is 5.32 Å². The van der Waals surface area contributed by atoms with Crippen LogP contribution in [0.3, 0.4) is 0 Å². The van der Waals surface area contributed by atoms with Gasteiger partial charge in [0.15, 0.2) is 5.13 Å². The number of rotatable bonds is 3. The molecule has 0 bridgehead atoms. The number of benzene rings is 2. The van der Waals surface area contributed by atoms with E-state index in [1.165, 1.54) is 29.0 Å². The highest BCUT2D eigenvalue weighted by Gasteiger charge is 2.13. The summed E-state index contributed by atoms with van der Waals surface area (Å²) < 4.78 is 12.9. The Morgan fingerprint density at radius 3 is 2.22 bits per heavy atom. The van der Waals surface area contributed by atoms with Crippen molar-refractivity contribution in [2.24, 2.45) is 0 Å². The summed E-state index contributed by atoms with van der Waals surface area (Å²) in [6.07, 6.45) is 0. The van der Waals surface area contributed by atoms with Crippen molar-refractivity contribution in [2.75, 3.05) is 5.32 Å². The van der Waals surface area contributed by atoms with Crippen molar-refractivity contribution in [1.82, 2.24) is 4.98 Å². The monoisotopic (exact) mass is 326 g/mol. The molecule has 23 heavy (non-hydrogen) atoms. The van der Waals surface area contributed by atoms with Gasteiger partial charge in [0, 0.05) is 16.6 Å². The van der Waals surface area contributed by atoms with Crippen LogP contribution >= 0.6 is 11.3 Å². The Balaban J connectivity index is 1.77. The minimum atomic E-state index is -0.241. The lowest BCUT2D eigenvalue weighted by molar-refractivity contribution is 0.590. The van der Waals surface area contributed by atoms with Crippen molar-refractivity contribution in [3.05, 3.63) is 65.3 Å². The molecule has 0 unspecified atom stereocenters. The first-order chi connectivity index (χ1) is 10.9. The summed E-state index contributed by atoms with van der Waals surface area (Å²) in [6.45, 7) is 6.61. The van der Waals surface area contributed by atoms with E-state index in [0.717, 1.165) is 22.1 Å². The summed E-state index contributed by atoms with van der Waals surface area (Å²) in [5.74, 6) is -0.241. The molecule has 1 heterocycles. The number of thiazole rings is 1. The Morgan fingerprint density at radius 1 is 0.957 bits per heavy atom. The third kappa shape index (κ3) is 3.77. The van der Waals surface area contributed by atoms with E-state index in [1.54, 1.807) is 12.1 Å². The van der Waals surface area contributed by atoms with E-state index in [1.807, 2.05) is 5.38 Å². The lowest BCUT2D eigenvalue weighted by Crippen LogP contribution is -2.10. The quantitative estimate of drug-likeness (QED) is 0.639. The first-order valence-electron chi connectivity index (χ1n) is 7.51. The molecule has 0 amide bonds. The van der Waals surface area contributed by atoms with Crippen LogP contribution in [0.2, 0.25) is 0 Å². The highest BCUT2D eigenvalue weighted by Crippen LogP contribution is 2.29. The van der Waals surface area contributed by atoms with E-state index < -0.39 is 0 Å². The molecule has 0 aliphatic rings. The number of anilines is 2. The lowest BCUT2D eigenvalue weighted by Gasteiger charge is -2.18. The number of halogens is 1. The normalized spacial score (nSPS) is 11.5. The molecule has 0 atom stereocenters. The molecule has 0 aliphatic heterocycles. The van der Waals surface area contributed by atoms with Gasteiger partial charge in [-0.15, -0.1) is 11.3 Å². The van der Waals surface area contributed by atoms with Gasteiger partial charge in [0.25, 0.3) is 0 Å². The first kappa shape index (κ1) is 15.7. The maximum absolute atomic E-state index is 12.9. The van der Waals surface area contributed by atoms with E-state index >= 15 is 0 Å². The highest BCUT2D eigenvalue weighted by molar-refractivity contribution is 7.14. The van der Waals surface area contributed by atoms with Gasteiger partial charge in [0.1, 0.15) is 5.82 Å². The predicted octanol–water partition coefficient (Wildman–Crippen LogP) is 5.99. The number of hydrogen-bond acceptors (Lipinski definition) is 3. The summed E-state index contributed by atoms with van der Waals surface area (Å²) >= 11 is 1.54. The van der Waals surface area contributed by atoms with Gasteiger partial charge in [-0.2, -0.15) is 0 Å². The standard InChI is InChI=1S/C19H19FN2S/c1-19(2,3)14-6-4-13(5-7-14)17-12-23-18(22-17)21-16-10-8-15(20)9-11-16/h4-12H,1-3H3,(H,21,22). The summed E-state index contributed by atoms with van der Waals surface area (Å²) in [7, 11) is 0. The molecule has 4 heteroatoms. The van der Waals surface area contributed by atoms with Gasteiger partial charge in [-0.25, -0.2) is 9.37 Å². The van der Waals surface area contributed by atoms with E-state index in [9.17, 15) is 4.39 Å². The minimum absolute atomic E-state index is 0.149. The zero-order valence-electron chi connectivity index (χ0n) is 13.4. The molecule has 0 radical (unpaired) electrons. The van der Waals surface area contributed by atoms with Gasteiger partial charge in [-0.3, -0.25) is 0 Å². The second-order valence-electron chi connectivity index (χ2n) is 6.50. The Bertz CT molecular complexity index is 783. The van der Waals surface area contributed by atoms with Gasteiger partial charge >= 0.3 is 0 Å². The average Bonchev–Trinajstić information content (AvgIpc) is 2.97. The molecule has 1 aromatic heterocycles. The van der Waals surface area contributed by atoms with Crippen LogP contribution in [0.15, 0.2) is 53.9 Å². The predicted molar refractivity (Wildman–Crippen MR) is 95.9 cm³/mol. The topological polar surface area (TPSA) is 24.9 Å². The zero-order valence-corrected chi connectivity index (χ0v) is 14.2. The Morgan fingerprint density at radius 2 is 1.61 bits per heavy atom. The van der Waals surface area contributed by atoms with Crippen LogP contribution in [0.25, 0.3) is 11.3 Å². The molecule has 2 nitrogen and oxygen atoms in total. The summed E-state index contributed by atoms with van der Waals surface area (Å²) in [4.78, 5) is 4.60. The van der Waals surface area contributed by atoms with Crippen molar-refractivity contribution in [2.45, 2.75) is 26.2 Å². The maximum atomic E-state index is 12.9. The van der Waals surface area contributed by atoms with Gasteiger partial charge in [-0.05, 0) is 35.2 Å². The molecule has 0 spiro atoms. The second kappa shape index (κ2) is 6.13. The maximum Gasteiger partial charge on any atom is 0.187 e. The van der Waals surface area contributed by atoms with Crippen LogP contribution in [0.4, 0.5) is 15.2 Å². The van der Waals surface area contributed by atoms with Crippen LogP contribution in [0.1, 0.15) is 26.3 Å². The number of nitrogens with zero attached hydrogens (tertiary/aromatic N) is 1. The fourth-order valence-electron chi connectivity index (χ4n) is 2.26. The van der Waals surface area contributed by atoms with E-state index in [0.29, 0.717) is 0 Å². The summed E-state index contributed by atoms with van der Waals surface area (Å²) in [5.41, 5.74) is 4.33. The fraction of sp³-hybridized carbons (Fsp3) is 0.211. The fourth-order valence-corrected chi connectivity index (χ4v) is 3.00. The smallest absolute Gasteiger partial charge is 0.187 e. The molecule has 0 saturated heterocycles. The van der Waals surface area contributed by atoms with Crippen molar-refractivity contribution in [3.8, 4) is 11.3 Å². The third-order valence-electron chi connectivity index (χ3n) is 3.65. The molecule has 2 aromatic carbocycles. The van der Waals surface area contributed by atoms with Crippen LogP contribution in [0.5, 0.6) is 0 Å². The largest absolute Gasteiger partial charge is 0.332 e. The Labute approximate surface area is 140 Å². The van der Waals surface area contributed by atoms with Crippen molar-refractivity contribution in [1.29, 1.82) is 0 Å². The molecule has 1 N–H and O–H groups in total. The van der Waals surface area contributed by atoms with Gasteiger partial charge in [0.2, 0.25) is 0 Å². The van der Waals surface area contributed by atoms with Gasteiger partial charge in [0.05, 0.1) is 5.69 Å². The minimum Gasteiger partial charge on any atom is -0.332 e. The van der Waals surface area contributed by atoms with Crippen molar-refractivity contribution < 1.29 is 4.39 Å². The van der Waals surface area contributed by atoms with Crippen LogP contribution in [0, 0.1) is 5.82 Å². The number of aromatic nitrogens is 1. The molecule has 118 valence electrons. The van der Waals surface area contributed by atoms with E-state index in [-0.39, 0.29) is 11.2 Å². The zero-order chi connectivity index (χ0) is 16.4. The average molecular weight is 326 g/mol. The van der Waals surface area contributed by atoms with E-state index in [4.69, 9.17) is 0 Å². The SMILES string of the molecule is CC(C)(C)c1ccc(-c2csc(Nc3ccc(F)cc3)n2)cc1. The van der Waals surface area contributed by atoms with Crippen molar-refractivity contribution >= 4 is 22.2 Å². The second-order valence-corrected chi connectivity index (χ2v) is 7.36. The number of hydrogen-bond donors (Lipinski definition) is 1. The van der Waals surface area contributed by atoms with Crippen molar-refractivity contribution in [3.63, 3.8) is 0 Å². The van der Waals surface area contributed by atoms with Crippen LogP contribution < -0.4 is 5.32 Å². The molecule has 0 fully saturated rings. The third-order valence-corrected chi connectivity index (χ3v) is 4.40. The molecule has 3 rings (SSSR count). The molecule has 0 aliphatic carbocycles. The Kier molecular flexibility index (Phi) is 4.18. The number of nitrogens with one attached hydrogen (secondary N) is 1. The molecule has 0 saturated carbocycles. The summed E-state index contributed by atoms with van der Waals surface area (Å²) in [5, 5.41) is 6.02. The first-order valence-corrected chi connectivity index (χ1v) is 8.39. The molecule has 3 aromatic rings. The van der Waals surface area contributed by atoms with Crippen LogP contribution in [-0.2, 0) is 5.41 Å². The van der Waals surface area contributed by atoms with E-state index in [2.05, 4.69) is 55.3 Å².